The van der Waals surface area contributed by atoms with Crippen LogP contribution in [0.25, 0.3) is 0 Å². The molecule has 9 aromatic rings. The van der Waals surface area contributed by atoms with E-state index in [9.17, 15) is 0 Å². The van der Waals surface area contributed by atoms with Crippen molar-refractivity contribution in [2.75, 3.05) is 0 Å². The van der Waals surface area contributed by atoms with Crippen LogP contribution < -0.4 is 0 Å². The van der Waals surface area contributed by atoms with Crippen LogP contribution in [-0.4, -0.2) is 0 Å². The lowest BCUT2D eigenvalue weighted by Crippen LogP contribution is -1.79. The molecule has 0 unspecified atom stereocenters. The molecule has 0 atom stereocenters. The monoisotopic (exact) mass is 1160 g/mol. The van der Waals surface area contributed by atoms with Crippen LogP contribution in [0.1, 0.15) is 178 Å². The molecule has 0 nitrogen and oxygen atoms in total. The molecule has 9 heterocycles. The highest BCUT2D eigenvalue weighted by Gasteiger charge is 2.12. The smallest absolute Gasteiger partial charge is 0.0817 e. The van der Waals surface area contributed by atoms with E-state index in [2.05, 4.69) is 222 Å². The Morgan fingerprint density at radius 1 is 0.221 bits per heavy atom. The first kappa shape index (κ1) is 55.5. The molecule has 0 aliphatic heterocycles. The zero-order valence-corrected chi connectivity index (χ0v) is 51.6. The molecule has 0 radical (unpaired) electrons. The van der Waals surface area contributed by atoms with Gasteiger partial charge in [0.1, 0.15) is 0 Å². The number of rotatable bonds is 8. The average molecular weight is 1160 g/mol. The molecule has 0 aromatic carbocycles. The number of aryl methyl sites for hydroxylation is 8. The van der Waals surface area contributed by atoms with E-state index < -0.39 is 0 Å². The van der Waals surface area contributed by atoms with Gasteiger partial charge in [-0.2, -0.15) is 0 Å². The number of hydrogen-bond acceptors (Lipinski definition) is 9. The standard InChI is InChI=1S/C68H52S9/c1-9-45-35-37-69-61(45)27-21-55-39-49(13-5)65(72-55)31-25-59-43-51(15-7)67(76-59)33-23-57-41-47(11-3)63(74-57)29-19-53-17-18-54(71-53)20-30-64-48(12-4)42-58(75-64)24-34-68-52(16-8)44-60(77-68)26-32-66-50(14-6)40-56(73-66)22-28-62-46(10-2)36-38-70-62/h17-18,35-44H,9-16H2,1-8H3. The second-order valence-electron chi connectivity index (χ2n) is 17.3. The van der Waals surface area contributed by atoms with Gasteiger partial charge in [0.05, 0.1) is 78.0 Å². The van der Waals surface area contributed by atoms with Crippen LogP contribution in [0.3, 0.4) is 0 Å². The predicted molar refractivity (Wildman–Crippen MR) is 342 cm³/mol. The molecule has 0 amide bonds. The summed E-state index contributed by atoms with van der Waals surface area (Å²) in [7, 11) is 0. The topological polar surface area (TPSA) is 0 Å². The fourth-order valence-corrected chi connectivity index (χ4v) is 16.2. The molecule has 77 heavy (non-hydrogen) atoms. The highest BCUT2D eigenvalue weighted by molar-refractivity contribution is 7.16. The lowest BCUT2D eigenvalue weighted by Gasteiger charge is -1.89. The summed E-state index contributed by atoms with van der Waals surface area (Å²) >= 11 is 15.2. The van der Waals surface area contributed by atoms with Crippen LogP contribution in [0.5, 0.6) is 0 Å². The molecular formula is C68H52S9. The number of hydrogen-bond donors (Lipinski definition) is 0. The van der Waals surface area contributed by atoms with Gasteiger partial charge >= 0.3 is 0 Å². The third-order valence-corrected chi connectivity index (χ3v) is 21.1. The van der Waals surface area contributed by atoms with Crippen molar-refractivity contribution in [3.8, 4) is 94.7 Å². The maximum atomic E-state index is 3.51. The van der Waals surface area contributed by atoms with Crippen LogP contribution in [0, 0.1) is 94.7 Å². The minimum atomic E-state index is 0.895. The Morgan fingerprint density at radius 3 is 0.649 bits per heavy atom. The second kappa shape index (κ2) is 26.9. The molecule has 378 valence electrons. The van der Waals surface area contributed by atoms with Crippen molar-refractivity contribution >= 4 is 102 Å². The van der Waals surface area contributed by atoms with Gasteiger partial charge in [0.25, 0.3) is 0 Å². The molecule has 0 bridgehead atoms. The Balaban J connectivity index is 0.851. The van der Waals surface area contributed by atoms with E-state index in [0.717, 1.165) is 129 Å². The Bertz CT molecular complexity index is 3890. The maximum absolute atomic E-state index is 3.51. The summed E-state index contributed by atoms with van der Waals surface area (Å²) in [5.74, 6) is 55.4. The van der Waals surface area contributed by atoms with Crippen LogP contribution in [0.4, 0.5) is 0 Å². The van der Waals surface area contributed by atoms with Gasteiger partial charge in [0.2, 0.25) is 0 Å². The van der Waals surface area contributed by atoms with Gasteiger partial charge in [0, 0.05) is 0 Å². The zero-order chi connectivity index (χ0) is 53.7. The van der Waals surface area contributed by atoms with E-state index in [1.54, 1.807) is 102 Å². The van der Waals surface area contributed by atoms with Crippen molar-refractivity contribution in [2.24, 2.45) is 0 Å². The molecular weight excluding hydrogens is 1110 g/mol. The summed E-state index contributed by atoms with van der Waals surface area (Å²) in [5.41, 5.74) is 10.1. The van der Waals surface area contributed by atoms with E-state index >= 15 is 0 Å². The van der Waals surface area contributed by atoms with Crippen LogP contribution in [0.2, 0.25) is 0 Å². The molecule has 0 N–H and O–H groups in total. The molecule has 0 fully saturated rings. The van der Waals surface area contributed by atoms with Crippen molar-refractivity contribution in [1.29, 1.82) is 0 Å². The van der Waals surface area contributed by atoms with Crippen LogP contribution in [0.15, 0.2) is 71.4 Å². The van der Waals surface area contributed by atoms with Gasteiger partial charge in [0.15, 0.2) is 0 Å². The first-order valence-electron chi connectivity index (χ1n) is 25.8. The van der Waals surface area contributed by atoms with E-state index in [0.29, 0.717) is 0 Å². The normalized spacial score (nSPS) is 10.2. The van der Waals surface area contributed by atoms with Gasteiger partial charge in [-0.25, -0.2) is 0 Å². The van der Waals surface area contributed by atoms with Gasteiger partial charge in [-0.15, -0.1) is 102 Å². The van der Waals surface area contributed by atoms with E-state index in [4.69, 9.17) is 0 Å². The SMILES string of the molecule is CCc1ccsc1C#Cc1cc(CC)c(C#Cc2cc(CC)c(C#Cc3cc(CC)c(C#Cc4ccc(C#Cc5sc(C#Cc6sc(C#Cc7sc(C#Cc8sccc8CC)cc7CC)cc6CC)cc5CC)s4)s3)s2)s1. The van der Waals surface area contributed by atoms with Crippen molar-refractivity contribution in [2.45, 2.75) is 107 Å². The highest BCUT2D eigenvalue weighted by atomic mass is 32.1. The molecule has 0 saturated heterocycles. The quantitative estimate of drug-likeness (QED) is 0.133. The van der Waals surface area contributed by atoms with Crippen LogP contribution >= 0.6 is 102 Å². The Kier molecular flexibility index (Phi) is 19.4. The first-order chi connectivity index (χ1) is 37.7. The minimum Gasteiger partial charge on any atom is -0.135 e. The van der Waals surface area contributed by atoms with Gasteiger partial charge in [-0.1, -0.05) is 55.4 Å². The first-order valence-corrected chi connectivity index (χ1v) is 33.3. The average Bonchev–Trinajstić information content (AvgIpc) is 4.32. The summed E-state index contributed by atoms with van der Waals surface area (Å²) in [6.45, 7) is 17.5. The van der Waals surface area contributed by atoms with Crippen molar-refractivity contribution in [1.82, 2.24) is 0 Å². The van der Waals surface area contributed by atoms with Crippen molar-refractivity contribution in [3.63, 3.8) is 0 Å². The predicted octanol–water partition coefficient (Wildman–Crippen LogP) is 17.9. The maximum Gasteiger partial charge on any atom is 0.0817 e. The molecule has 9 rings (SSSR count). The molecule has 0 aliphatic rings. The summed E-state index contributed by atoms with van der Waals surface area (Å²) < 4.78 is 0. The Hall–Kier alpha value is -6.22. The lowest BCUT2D eigenvalue weighted by atomic mass is 10.1. The third-order valence-electron chi connectivity index (χ3n) is 12.4. The fourth-order valence-electron chi connectivity index (χ4n) is 8.02. The molecule has 9 heteroatoms. The summed E-state index contributed by atoms with van der Waals surface area (Å²) in [6, 6.07) is 21.7. The molecule has 0 spiro atoms. The molecule has 0 saturated carbocycles. The Labute approximate surface area is 492 Å². The Morgan fingerprint density at radius 2 is 0.429 bits per heavy atom. The highest BCUT2D eigenvalue weighted by Crippen LogP contribution is 2.30. The summed E-state index contributed by atoms with van der Waals surface area (Å²) in [5, 5.41) is 4.25. The van der Waals surface area contributed by atoms with Gasteiger partial charge in [-0.05, 0) is 262 Å². The number of thiophene rings is 9. The zero-order valence-electron chi connectivity index (χ0n) is 44.3. The van der Waals surface area contributed by atoms with E-state index in [1.807, 2.05) is 0 Å². The molecule has 9 aromatic heterocycles. The van der Waals surface area contributed by atoms with E-state index in [1.165, 1.54) is 44.5 Å². The van der Waals surface area contributed by atoms with Crippen molar-refractivity contribution < 1.29 is 0 Å². The van der Waals surface area contributed by atoms with Gasteiger partial charge < -0.3 is 0 Å². The second-order valence-corrected chi connectivity index (χ2v) is 26.6. The van der Waals surface area contributed by atoms with E-state index in [-0.39, 0.29) is 0 Å². The van der Waals surface area contributed by atoms with Crippen LogP contribution in [-0.2, 0) is 51.4 Å². The largest absolute Gasteiger partial charge is 0.135 e. The third kappa shape index (κ3) is 14.1. The summed E-state index contributed by atoms with van der Waals surface area (Å²) in [6.07, 6.45) is 7.45. The lowest BCUT2D eigenvalue weighted by molar-refractivity contribution is 1.15. The minimum absolute atomic E-state index is 0.895. The van der Waals surface area contributed by atoms with Crippen molar-refractivity contribution in [3.05, 3.63) is 194 Å². The molecule has 0 aliphatic carbocycles. The van der Waals surface area contributed by atoms with Gasteiger partial charge in [-0.3, -0.25) is 0 Å². The summed E-state index contributed by atoms with van der Waals surface area (Å²) in [4.78, 5) is 17.0. The fraction of sp³-hybridized carbons (Fsp3) is 0.235.